The van der Waals surface area contributed by atoms with Crippen molar-refractivity contribution in [3.8, 4) is 11.8 Å². The summed E-state index contributed by atoms with van der Waals surface area (Å²) in [6.07, 6.45) is 10.5. The molecule has 15 heavy (non-hydrogen) atoms. The summed E-state index contributed by atoms with van der Waals surface area (Å²) in [7, 11) is 0. The van der Waals surface area contributed by atoms with Crippen LogP contribution in [0, 0.1) is 17.8 Å². The molecule has 86 valence electrons. The quantitative estimate of drug-likeness (QED) is 0.553. The molecule has 0 unspecified atom stereocenters. The highest BCUT2D eigenvalue weighted by molar-refractivity contribution is 5.06. The Morgan fingerprint density at radius 1 is 1.13 bits per heavy atom. The van der Waals surface area contributed by atoms with Gasteiger partial charge in [-0.05, 0) is 19.3 Å². The van der Waals surface area contributed by atoms with Crippen LogP contribution in [0.1, 0.15) is 64.7 Å². The normalized spacial score (nSPS) is 25.7. The van der Waals surface area contributed by atoms with Gasteiger partial charge in [0.25, 0.3) is 0 Å². The summed E-state index contributed by atoms with van der Waals surface area (Å²) >= 11 is 0. The molecule has 0 aromatic heterocycles. The van der Waals surface area contributed by atoms with E-state index < -0.39 is 0 Å². The second-order valence-electron chi connectivity index (χ2n) is 4.59. The fraction of sp³-hybridized carbons (Fsp3) is 0.857. The molecule has 1 heteroatoms. The third-order valence-corrected chi connectivity index (χ3v) is 3.17. The minimum atomic E-state index is -0.151. The van der Waals surface area contributed by atoms with Crippen molar-refractivity contribution >= 4 is 0 Å². The monoisotopic (exact) mass is 208 g/mol. The zero-order chi connectivity index (χ0) is 10.9. The van der Waals surface area contributed by atoms with E-state index in [4.69, 9.17) is 0 Å². The van der Waals surface area contributed by atoms with Crippen LogP contribution in [0.5, 0.6) is 0 Å². The van der Waals surface area contributed by atoms with Crippen LogP contribution in [0.15, 0.2) is 0 Å². The largest absolute Gasteiger partial charge is 0.392 e. The van der Waals surface area contributed by atoms with E-state index in [2.05, 4.69) is 18.8 Å². The Morgan fingerprint density at radius 3 is 2.67 bits per heavy atom. The summed E-state index contributed by atoms with van der Waals surface area (Å²) in [5.74, 6) is 6.75. The number of unbranched alkanes of at least 4 members (excludes halogenated alkanes) is 4. The van der Waals surface area contributed by atoms with Gasteiger partial charge in [0.2, 0.25) is 0 Å². The van der Waals surface area contributed by atoms with E-state index in [-0.39, 0.29) is 12.0 Å². The van der Waals surface area contributed by atoms with Gasteiger partial charge in [-0.3, -0.25) is 0 Å². The number of aliphatic hydroxyl groups is 1. The lowest BCUT2D eigenvalue weighted by atomic mass is 9.87. The first-order valence-electron chi connectivity index (χ1n) is 6.51. The molecule has 1 aliphatic rings. The molecule has 0 amide bonds. The second kappa shape index (κ2) is 7.77. The van der Waals surface area contributed by atoms with Gasteiger partial charge in [0.05, 0.1) is 6.10 Å². The van der Waals surface area contributed by atoms with E-state index in [0.717, 1.165) is 19.3 Å². The second-order valence-corrected chi connectivity index (χ2v) is 4.59. The first kappa shape index (κ1) is 12.6. The maximum absolute atomic E-state index is 9.71. The van der Waals surface area contributed by atoms with Crippen molar-refractivity contribution < 1.29 is 5.11 Å². The fourth-order valence-electron chi connectivity index (χ4n) is 2.12. The molecule has 1 rings (SSSR count). The van der Waals surface area contributed by atoms with Crippen molar-refractivity contribution in [3.05, 3.63) is 0 Å². The van der Waals surface area contributed by atoms with Gasteiger partial charge in [0.1, 0.15) is 0 Å². The minimum Gasteiger partial charge on any atom is -0.392 e. The molecule has 1 fully saturated rings. The molecule has 0 aromatic carbocycles. The Labute approximate surface area is 94.3 Å². The van der Waals surface area contributed by atoms with Gasteiger partial charge in [-0.2, -0.15) is 0 Å². The van der Waals surface area contributed by atoms with Crippen LogP contribution < -0.4 is 0 Å². The summed E-state index contributed by atoms with van der Waals surface area (Å²) in [6.45, 7) is 2.23. The number of hydrogen-bond donors (Lipinski definition) is 1. The van der Waals surface area contributed by atoms with Gasteiger partial charge in [-0.25, -0.2) is 0 Å². The third-order valence-electron chi connectivity index (χ3n) is 3.17. The summed E-state index contributed by atoms with van der Waals surface area (Å²) in [5, 5.41) is 9.71. The molecule has 1 saturated carbocycles. The van der Waals surface area contributed by atoms with E-state index in [0.29, 0.717) is 0 Å². The van der Waals surface area contributed by atoms with Crippen molar-refractivity contribution in [1.82, 2.24) is 0 Å². The van der Waals surface area contributed by atoms with E-state index >= 15 is 0 Å². The van der Waals surface area contributed by atoms with Crippen molar-refractivity contribution in [2.24, 2.45) is 5.92 Å². The number of aliphatic hydroxyl groups excluding tert-OH is 1. The SMILES string of the molecule is CCCCCCC#C[C@H]1CCCC[C@@H]1O. The van der Waals surface area contributed by atoms with Crippen LogP contribution in [0.2, 0.25) is 0 Å². The van der Waals surface area contributed by atoms with Gasteiger partial charge < -0.3 is 5.11 Å². The standard InChI is InChI=1S/C14H24O/c1-2-3-4-5-6-7-10-13-11-8-9-12-14(13)15/h13-15H,2-6,8-9,11-12H2,1H3/t13-,14-/m0/s1. The van der Waals surface area contributed by atoms with Crippen LogP contribution in [-0.4, -0.2) is 11.2 Å². The van der Waals surface area contributed by atoms with Crippen molar-refractivity contribution in [2.45, 2.75) is 70.8 Å². The van der Waals surface area contributed by atoms with Gasteiger partial charge in [0.15, 0.2) is 0 Å². The first-order chi connectivity index (χ1) is 7.34. The molecule has 0 aromatic rings. The lowest BCUT2D eigenvalue weighted by Gasteiger charge is -2.22. The zero-order valence-corrected chi connectivity index (χ0v) is 9.97. The van der Waals surface area contributed by atoms with Crippen LogP contribution in [0.3, 0.4) is 0 Å². The Bertz CT molecular complexity index is 211. The maximum Gasteiger partial charge on any atom is 0.0677 e. The highest BCUT2D eigenvalue weighted by Crippen LogP contribution is 2.23. The van der Waals surface area contributed by atoms with E-state index in [1.54, 1.807) is 0 Å². The van der Waals surface area contributed by atoms with Gasteiger partial charge >= 0.3 is 0 Å². The van der Waals surface area contributed by atoms with E-state index in [1.807, 2.05) is 0 Å². The lowest BCUT2D eigenvalue weighted by Crippen LogP contribution is -2.22. The van der Waals surface area contributed by atoms with E-state index in [9.17, 15) is 5.11 Å². The van der Waals surface area contributed by atoms with Gasteiger partial charge in [-0.1, -0.05) is 44.9 Å². The molecule has 0 spiro atoms. The van der Waals surface area contributed by atoms with Gasteiger partial charge in [-0.15, -0.1) is 5.92 Å². The van der Waals surface area contributed by atoms with Crippen molar-refractivity contribution in [1.29, 1.82) is 0 Å². The Kier molecular flexibility index (Phi) is 6.52. The average molecular weight is 208 g/mol. The van der Waals surface area contributed by atoms with Crippen LogP contribution in [0.25, 0.3) is 0 Å². The molecule has 1 N–H and O–H groups in total. The fourth-order valence-corrected chi connectivity index (χ4v) is 2.12. The number of hydrogen-bond acceptors (Lipinski definition) is 1. The summed E-state index contributed by atoms with van der Waals surface area (Å²) in [4.78, 5) is 0. The van der Waals surface area contributed by atoms with Gasteiger partial charge in [0, 0.05) is 12.3 Å². The first-order valence-corrected chi connectivity index (χ1v) is 6.51. The molecule has 2 atom stereocenters. The molecule has 0 radical (unpaired) electrons. The maximum atomic E-state index is 9.71. The zero-order valence-electron chi connectivity index (χ0n) is 9.97. The third kappa shape index (κ3) is 5.23. The Hall–Kier alpha value is -0.480. The summed E-state index contributed by atoms with van der Waals surface area (Å²) in [6, 6.07) is 0. The Balaban J connectivity index is 2.13. The minimum absolute atomic E-state index is 0.151. The highest BCUT2D eigenvalue weighted by Gasteiger charge is 2.20. The van der Waals surface area contributed by atoms with Crippen LogP contribution in [-0.2, 0) is 0 Å². The predicted molar refractivity (Wildman–Crippen MR) is 64.5 cm³/mol. The summed E-state index contributed by atoms with van der Waals surface area (Å²) in [5.41, 5.74) is 0. The number of rotatable bonds is 4. The molecule has 0 bridgehead atoms. The highest BCUT2D eigenvalue weighted by atomic mass is 16.3. The smallest absolute Gasteiger partial charge is 0.0677 e. The molecule has 1 nitrogen and oxygen atoms in total. The topological polar surface area (TPSA) is 20.2 Å². The molecular weight excluding hydrogens is 184 g/mol. The lowest BCUT2D eigenvalue weighted by molar-refractivity contribution is 0.0969. The predicted octanol–water partition coefficient (Wildman–Crippen LogP) is 3.51. The van der Waals surface area contributed by atoms with E-state index in [1.165, 1.54) is 38.5 Å². The van der Waals surface area contributed by atoms with Crippen LogP contribution in [0.4, 0.5) is 0 Å². The van der Waals surface area contributed by atoms with Crippen molar-refractivity contribution in [2.75, 3.05) is 0 Å². The molecule has 1 aliphatic carbocycles. The molecular formula is C14H24O. The van der Waals surface area contributed by atoms with Crippen LogP contribution >= 0.6 is 0 Å². The van der Waals surface area contributed by atoms with Crippen molar-refractivity contribution in [3.63, 3.8) is 0 Å². The summed E-state index contributed by atoms with van der Waals surface area (Å²) < 4.78 is 0. The molecule has 0 aliphatic heterocycles. The Morgan fingerprint density at radius 2 is 1.93 bits per heavy atom. The molecule has 0 heterocycles. The molecule has 0 saturated heterocycles. The average Bonchev–Trinajstić information content (AvgIpc) is 2.25.